The number of rotatable bonds is 10. The van der Waals surface area contributed by atoms with Gasteiger partial charge in [-0.2, -0.15) is 8.78 Å². The molecule has 28 heavy (non-hydrogen) atoms. The van der Waals surface area contributed by atoms with Gasteiger partial charge >= 0.3 is 12.6 Å². The quantitative estimate of drug-likeness (QED) is 0.575. The molecule has 0 saturated carbocycles. The molecule has 2 amide bonds. The van der Waals surface area contributed by atoms with E-state index in [9.17, 15) is 18.7 Å². The molecule has 3 N–H and O–H groups in total. The first kappa shape index (κ1) is 21.4. The number of nitrogens with one attached hydrogen (secondary N) is 2. The zero-order valence-corrected chi connectivity index (χ0v) is 15.2. The summed E-state index contributed by atoms with van der Waals surface area (Å²) in [6.07, 6.45) is -0.884. The van der Waals surface area contributed by atoms with Crippen molar-refractivity contribution in [1.29, 1.82) is 0 Å². The molecule has 0 heterocycles. The van der Waals surface area contributed by atoms with Crippen LogP contribution in [0.4, 0.5) is 19.3 Å². The summed E-state index contributed by atoms with van der Waals surface area (Å²) in [6, 6.07) is 12.3. The monoisotopic (exact) mass is 396 g/mol. The normalized spacial score (nSPS) is 11.8. The maximum atomic E-state index is 12.1. The summed E-state index contributed by atoms with van der Waals surface area (Å²) < 4.78 is 38.9. The summed E-state index contributed by atoms with van der Waals surface area (Å²) in [5, 5.41) is 14.9. The second-order valence-corrected chi connectivity index (χ2v) is 5.75. The van der Waals surface area contributed by atoms with Crippen molar-refractivity contribution in [1.82, 2.24) is 5.32 Å². The number of carbonyl (C=O) groups excluding carboxylic acids is 1. The fraction of sp³-hybridized carbons (Fsp3) is 0.316. The van der Waals surface area contributed by atoms with Gasteiger partial charge in [0.25, 0.3) is 0 Å². The van der Waals surface area contributed by atoms with E-state index < -0.39 is 18.7 Å². The summed E-state index contributed by atoms with van der Waals surface area (Å²) >= 11 is 0. The maximum absolute atomic E-state index is 12.1. The summed E-state index contributed by atoms with van der Waals surface area (Å²) in [7, 11) is 1.59. The van der Waals surface area contributed by atoms with Crippen molar-refractivity contribution in [2.45, 2.75) is 19.3 Å². The number of methoxy groups -OCH3 is 1. The lowest BCUT2D eigenvalue weighted by Gasteiger charge is -2.13. The third-order valence-corrected chi connectivity index (χ3v) is 3.57. The Morgan fingerprint density at radius 2 is 1.71 bits per heavy atom. The molecule has 152 valence electrons. The van der Waals surface area contributed by atoms with Gasteiger partial charge in [-0.05, 0) is 42.0 Å². The predicted molar refractivity (Wildman–Crippen MR) is 98.8 cm³/mol. The maximum Gasteiger partial charge on any atom is 0.387 e. The summed E-state index contributed by atoms with van der Waals surface area (Å²) in [5.41, 5.74) is 1.32. The number of amides is 2. The van der Waals surface area contributed by atoms with Gasteiger partial charge in [0.1, 0.15) is 11.5 Å². The molecule has 0 radical (unpaired) electrons. The van der Waals surface area contributed by atoms with E-state index in [1.807, 2.05) is 24.3 Å². The minimum absolute atomic E-state index is 0.00890. The van der Waals surface area contributed by atoms with Crippen LogP contribution >= 0.6 is 0 Å². The van der Waals surface area contributed by atoms with Gasteiger partial charge in [0.15, 0.2) is 0 Å². The molecule has 2 aromatic rings. The fourth-order valence-corrected chi connectivity index (χ4v) is 2.20. The highest BCUT2D eigenvalue weighted by atomic mass is 19.3. The second-order valence-electron chi connectivity index (χ2n) is 5.75. The molecule has 0 bridgehead atoms. The molecule has 1 atom stereocenters. The molecule has 9 heteroatoms. The van der Waals surface area contributed by atoms with Crippen molar-refractivity contribution in [2.75, 3.05) is 25.6 Å². The zero-order chi connectivity index (χ0) is 20.4. The molecule has 2 aromatic carbocycles. The zero-order valence-electron chi connectivity index (χ0n) is 15.2. The SMILES string of the molecule is COc1ccc(COCC(O)CNC(=O)Nc2ccc(OC(F)F)cc2)cc1. The number of carbonyl (C=O) groups is 1. The minimum Gasteiger partial charge on any atom is -0.497 e. The molecular formula is C19H22F2N2O5. The van der Waals surface area contributed by atoms with Gasteiger partial charge in [0, 0.05) is 12.2 Å². The number of hydrogen-bond acceptors (Lipinski definition) is 5. The number of ether oxygens (including phenoxy) is 3. The van der Waals surface area contributed by atoms with E-state index in [0.717, 1.165) is 11.3 Å². The average molecular weight is 396 g/mol. The van der Waals surface area contributed by atoms with Gasteiger partial charge in [-0.15, -0.1) is 0 Å². The van der Waals surface area contributed by atoms with Crippen molar-refractivity contribution in [3.8, 4) is 11.5 Å². The van der Waals surface area contributed by atoms with Crippen LogP contribution in [-0.4, -0.2) is 44.1 Å². The van der Waals surface area contributed by atoms with Crippen molar-refractivity contribution in [3.63, 3.8) is 0 Å². The first-order chi connectivity index (χ1) is 13.5. The van der Waals surface area contributed by atoms with Crippen molar-refractivity contribution < 1.29 is 32.9 Å². The van der Waals surface area contributed by atoms with Gasteiger partial charge in [0.05, 0.1) is 26.4 Å². The Morgan fingerprint density at radius 3 is 2.32 bits per heavy atom. The minimum atomic E-state index is -2.91. The van der Waals surface area contributed by atoms with E-state index in [1.54, 1.807) is 7.11 Å². The number of halogens is 2. The molecule has 0 aromatic heterocycles. The highest BCUT2D eigenvalue weighted by Gasteiger charge is 2.09. The van der Waals surface area contributed by atoms with Crippen LogP contribution in [0.25, 0.3) is 0 Å². The van der Waals surface area contributed by atoms with E-state index in [0.29, 0.717) is 12.3 Å². The van der Waals surface area contributed by atoms with Gasteiger partial charge in [0.2, 0.25) is 0 Å². The molecule has 7 nitrogen and oxygen atoms in total. The summed E-state index contributed by atoms with van der Waals surface area (Å²) in [6.45, 7) is -2.55. The topological polar surface area (TPSA) is 89.0 Å². The third-order valence-electron chi connectivity index (χ3n) is 3.57. The lowest BCUT2D eigenvalue weighted by Crippen LogP contribution is -2.37. The van der Waals surface area contributed by atoms with Gasteiger partial charge in [-0.1, -0.05) is 12.1 Å². The Morgan fingerprint density at radius 1 is 1.07 bits per heavy atom. The molecule has 0 spiro atoms. The lowest BCUT2D eigenvalue weighted by atomic mass is 10.2. The highest BCUT2D eigenvalue weighted by molar-refractivity contribution is 5.89. The molecule has 0 aliphatic heterocycles. The highest BCUT2D eigenvalue weighted by Crippen LogP contribution is 2.17. The van der Waals surface area contributed by atoms with Gasteiger partial charge in [-0.25, -0.2) is 4.79 Å². The van der Waals surface area contributed by atoms with Crippen molar-refractivity contribution in [3.05, 3.63) is 54.1 Å². The lowest BCUT2D eigenvalue weighted by molar-refractivity contribution is -0.0498. The Bertz CT molecular complexity index is 726. The first-order valence-corrected chi connectivity index (χ1v) is 8.44. The van der Waals surface area contributed by atoms with Crippen LogP contribution in [0.3, 0.4) is 0 Å². The second kappa shape index (κ2) is 11.1. The number of benzene rings is 2. The molecule has 2 rings (SSSR count). The molecule has 0 aliphatic rings. The number of hydrogen-bond donors (Lipinski definition) is 3. The summed E-state index contributed by atoms with van der Waals surface area (Å²) in [4.78, 5) is 11.8. The molecule has 0 aliphatic carbocycles. The number of anilines is 1. The Balaban J connectivity index is 1.64. The average Bonchev–Trinajstić information content (AvgIpc) is 2.68. The van der Waals surface area contributed by atoms with Gasteiger partial charge < -0.3 is 30.0 Å². The molecule has 0 fully saturated rings. The third kappa shape index (κ3) is 7.77. The predicted octanol–water partition coefficient (Wildman–Crippen LogP) is 3.00. The van der Waals surface area contributed by atoms with E-state index in [4.69, 9.17) is 9.47 Å². The standard InChI is InChI=1S/C19H22F2N2O5/c1-26-16-6-2-13(3-7-16)11-27-12-15(24)10-22-19(25)23-14-4-8-17(9-5-14)28-18(20)21/h2-9,15,18,24H,10-12H2,1H3,(H2,22,23,25). The van der Waals surface area contributed by atoms with Crippen LogP contribution in [0.15, 0.2) is 48.5 Å². The van der Waals surface area contributed by atoms with Crippen LogP contribution in [-0.2, 0) is 11.3 Å². The fourth-order valence-electron chi connectivity index (χ4n) is 2.20. The van der Waals surface area contributed by atoms with Crippen LogP contribution < -0.4 is 20.1 Å². The number of aliphatic hydroxyl groups excluding tert-OH is 1. The molecule has 0 saturated heterocycles. The van der Waals surface area contributed by atoms with E-state index in [2.05, 4.69) is 15.4 Å². The molecule has 1 unspecified atom stereocenters. The Hall–Kier alpha value is -2.91. The van der Waals surface area contributed by atoms with E-state index in [-0.39, 0.29) is 18.9 Å². The number of aliphatic hydroxyl groups is 1. The smallest absolute Gasteiger partial charge is 0.387 e. The van der Waals surface area contributed by atoms with Crippen LogP contribution in [0, 0.1) is 0 Å². The van der Waals surface area contributed by atoms with E-state index in [1.165, 1.54) is 24.3 Å². The Kier molecular flexibility index (Phi) is 8.44. The summed E-state index contributed by atoms with van der Waals surface area (Å²) in [5.74, 6) is 0.737. The van der Waals surface area contributed by atoms with E-state index >= 15 is 0 Å². The number of alkyl halides is 2. The molecular weight excluding hydrogens is 374 g/mol. The van der Waals surface area contributed by atoms with Crippen molar-refractivity contribution >= 4 is 11.7 Å². The first-order valence-electron chi connectivity index (χ1n) is 8.44. The number of urea groups is 1. The Labute approximate surface area is 161 Å². The van der Waals surface area contributed by atoms with Gasteiger partial charge in [-0.3, -0.25) is 0 Å². The van der Waals surface area contributed by atoms with Crippen LogP contribution in [0.1, 0.15) is 5.56 Å². The van der Waals surface area contributed by atoms with Crippen molar-refractivity contribution in [2.24, 2.45) is 0 Å². The van der Waals surface area contributed by atoms with Crippen LogP contribution in [0.2, 0.25) is 0 Å². The van der Waals surface area contributed by atoms with Crippen LogP contribution in [0.5, 0.6) is 11.5 Å². The largest absolute Gasteiger partial charge is 0.497 e.